The number of carbonyl (C=O) groups excluding carboxylic acids is 1. The fraction of sp³-hybridized carbons (Fsp3) is 0.588. The van der Waals surface area contributed by atoms with Crippen LogP contribution < -0.4 is 14.2 Å². The lowest BCUT2D eigenvalue weighted by Crippen LogP contribution is -2.50. The summed E-state index contributed by atoms with van der Waals surface area (Å²) in [5, 5.41) is 0. The highest BCUT2D eigenvalue weighted by Gasteiger charge is 2.26. The Morgan fingerprint density at radius 1 is 1.03 bits per heavy atom. The average Bonchev–Trinajstić information content (AvgIpc) is 2.92. The Hall–Kier alpha value is -1.89. The van der Waals surface area contributed by atoms with Crippen LogP contribution in [-0.2, 0) is 24.8 Å². The lowest BCUT2D eigenvalue weighted by atomic mass is 10.3. The maximum atomic E-state index is 12.5. The number of hydrogen-bond donors (Lipinski definition) is 1. The number of nitrogens with zero attached hydrogens (tertiary/aromatic N) is 2. The maximum Gasteiger partial charge on any atom is 0.240 e. The molecule has 1 fully saturated rings. The van der Waals surface area contributed by atoms with Crippen molar-refractivity contribution in [1.29, 1.82) is 0 Å². The van der Waals surface area contributed by atoms with E-state index in [0.29, 0.717) is 37.8 Å². The summed E-state index contributed by atoms with van der Waals surface area (Å²) in [5.74, 6) is 0.662. The van der Waals surface area contributed by atoms with Crippen molar-refractivity contribution in [3.63, 3.8) is 0 Å². The van der Waals surface area contributed by atoms with Crippen LogP contribution in [0.4, 0.5) is 0 Å². The molecule has 1 aromatic carbocycles. The number of hydrogen-bond acceptors (Lipinski definition) is 7. The second-order valence-electron chi connectivity index (χ2n) is 6.85. The maximum absolute atomic E-state index is 12.5. The van der Waals surface area contributed by atoms with Crippen LogP contribution in [0.15, 0.2) is 23.1 Å². The highest BCUT2D eigenvalue weighted by atomic mass is 32.2. The second kappa shape index (κ2) is 8.86. The molecule has 29 heavy (non-hydrogen) atoms. The van der Waals surface area contributed by atoms with Gasteiger partial charge in [0.05, 0.1) is 24.4 Å². The van der Waals surface area contributed by atoms with Gasteiger partial charge in [-0.15, -0.1) is 0 Å². The molecular formula is C17H25N3O7S2. The molecule has 1 aromatic rings. The van der Waals surface area contributed by atoms with Gasteiger partial charge in [-0.05, 0) is 12.1 Å². The van der Waals surface area contributed by atoms with Crippen molar-refractivity contribution in [1.82, 2.24) is 13.9 Å². The van der Waals surface area contributed by atoms with Crippen molar-refractivity contribution in [2.45, 2.75) is 17.7 Å². The zero-order chi connectivity index (χ0) is 21.1. The Morgan fingerprint density at radius 2 is 1.69 bits per heavy atom. The Labute approximate surface area is 170 Å². The van der Waals surface area contributed by atoms with Gasteiger partial charge in [0.1, 0.15) is 0 Å². The summed E-state index contributed by atoms with van der Waals surface area (Å²) in [4.78, 5) is 13.9. The summed E-state index contributed by atoms with van der Waals surface area (Å²) in [6.45, 7) is 1.98. The van der Waals surface area contributed by atoms with E-state index in [1.165, 1.54) is 16.4 Å². The van der Waals surface area contributed by atoms with Crippen LogP contribution in [0.1, 0.15) is 12.8 Å². The number of fused-ring (bicyclic) bond motifs is 1. The highest BCUT2D eigenvalue weighted by Crippen LogP contribution is 2.31. The topological polar surface area (TPSA) is 122 Å². The highest BCUT2D eigenvalue weighted by molar-refractivity contribution is 7.89. The Bertz CT molecular complexity index is 955. The molecule has 1 N–H and O–H groups in total. The minimum absolute atomic E-state index is 0.0113. The van der Waals surface area contributed by atoms with Crippen LogP contribution in [0.2, 0.25) is 0 Å². The van der Waals surface area contributed by atoms with Crippen LogP contribution in [-0.4, -0.2) is 84.1 Å². The molecule has 2 aliphatic rings. The fourth-order valence-corrected chi connectivity index (χ4v) is 4.99. The summed E-state index contributed by atoms with van der Waals surface area (Å²) in [6, 6.07) is 4.40. The smallest absolute Gasteiger partial charge is 0.240 e. The molecular weight excluding hydrogens is 422 g/mol. The average molecular weight is 448 g/mol. The quantitative estimate of drug-likeness (QED) is 0.631. The molecule has 3 rings (SSSR count). The number of piperazine rings is 1. The molecule has 2 heterocycles. The first-order chi connectivity index (χ1) is 13.7. The van der Waals surface area contributed by atoms with Gasteiger partial charge in [0.25, 0.3) is 0 Å². The number of ether oxygens (including phenoxy) is 2. The van der Waals surface area contributed by atoms with Crippen molar-refractivity contribution in [3.05, 3.63) is 18.2 Å². The molecule has 12 heteroatoms. The van der Waals surface area contributed by atoms with Gasteiger partial charge < -0.3 is 14.4 Å². The summed E-state index contributed by atoms with van der Waals surface area (Å²) in [6.07, 6.45) is 1.84. The predicted molar refractivity (Wildman–Crippen MR) is 105 cm³/mol. The third kappa shape index (κ3) is 5.59. The summed E-state index contributed by atoms with van der Waals surface area (Å²) < 4.78 is 62.8. The lowest BCUT2D eigenvalue weighted by molar-refractivity contribution is -0.132. The van der Waals surface area contributed by atoms with Crippen molar-refractivity contribution in [3.8, 4) is 11.5 Å². The first-order valence-electron chi connectivity index (χ1n) is 9.29. The van der Waals surface area contributed by atoms with E-state index in [0.717, 1.165) is 12.7 Å². The first-order valence-corrected chi connectivity index (χ1v) is 12.6. The minimum atomic E-state index is -3.80. The molecule has 10 nitrogen and oxygen atoms in total. The standard InChI is InChI=1S/C17H25N3O7S2/c1-28(22,23)20-9-7-19(8-10-20)17(21)5-6-18-29(24,25)14-3-4-15-16(13-14)27-12-2-11-26-15/h3-4,13,18H,2,5-12H2,1H3. The number of nitrogens with one attached hydrogen (secondary N) is 1. The van der Waals surface area contributed by atoms with E-state index < -0.39 is 20.0 Å². The zero-order valence-electron chi connectivity index (χ0n) is 16.2. The molecule has 0 saturated carbocycles. The predicted octanol–water partition coefficient (Wildman–Crippen LogP) is -0.380. The third-order valence-electron chi connectivity index (χ3n) is 4.72. The molecule has 1 amide bonds. The zero-order valence-corrected chi connectivity index (χ0v) is 17.8. The van der Waals surface area contributed by atoms with E-state index in [-0.39, 0.29) is 36.9 Å². The van der Waals surface area contributed by atoms with E-state index in [4.69, 9.17) is 9.47 Å². The number of amides is 1. The monoisotopic (exact) mass is 447 g/mol. The Balaban J connectivity index is 1.52. The molecule has 0 aromatic heterocycles. The van der Waals surface area contributed by atoms with Crippen molar-refractivity contribution < 1.29 is 31.1 Å². The van der Waals surface area contributed by atoms with Crippen LogP contribution in [0.5, 0.6) is 11.5 Å². The summed E-state index contributed by atoms with van der Waals surface area (Å²) in [5.41, 5.74) is 0. The van der Waals surface area contributed by atoms with Gasteiger partial charge in [-0.3, -0.25) is 4.79 Å². The van der Waals surface area contributed by atoms with Crippen molar-refractivity contribution in [2.75, 3.05) is 52.2 Å². The summed E-state index contributed by atoms with van der Waals surface area (Å²) in [7, 11) is -7.07. The Kier molecular flexibility index (Phi) is 6.66. The van der Waals surface area contributed by atoms with Crippen molar-refractivity contribution >= 4 is 26.0 Å². The largest absolute Gasteiger partial charge is 0.490 e. The number of sulfonamides is 2. The number of rotatable bonds is 6. The molecule has 1 saturated heterocycles. The van der Waals surface area contributed by atoms with Gasteiger partial charge in [0.15, 0.2) is 11.5 Å². The lowest BCUT2D eigenvalue weighted by Gasteiger charge is -2.33. The van der Waals surface area contributed by atoms with E-state index in [1.807, 2.05) is 0 Å². The molecule has 162 valence electrons. The van der Waals surface area contributed by atoms with Gasteiger partial charge in [0, 0.05) is 51.6 Å². The van der Waals surface area contributed by atoms with Gasteiger partial charge in [-0.2, -0.15) is 4.31 Å². The molecule has 0 unspecified atom stereocenters. The normalized spacial score (nSPS) is 18.3. The van der Waals surface area contributed by atoms with E-state index in [2.05, 4.69) is 4.72 Å². The van der Waals surface area contributed by atoms with E-state index >= 15 is 0 Å². The SMILES string of the molecule is CS(=O)(=O)N1CCN(C(=O)CCNS(=O)(=O)c2ccc3c(c2)OCCCO3)CC1. The second-order valence-corrected chi connectivity index (χ2v) is 10.6. The van der Waals surface area contributed by atoms with Crippen LogP contribution >= 0.6 is 0 Å². The number of benzene rings is 1. The fourth-order valence-electron chi connectivity index (χ4n) is 3.11. The van der Waals surface area contributed by atoms with E-state index in [1.54, 1.807) is 11.0 Å². The first kappa shape index (κ1) is 21.8. The third-order valence-corrected chi connectivity index (χ3v) is 7.48. The van der Waals surface area contributed by atoms with Crippen LogP contribution in [0.3, 0.4) is 0 Å². The van der Waals surface area contributed by atoms with Gasteiger partial charge in [-0.25, -0.2) is 21.6 Å². The van der Waals surface area contributed by atoms with Gasteiger partial charge in [0.2, 0.25) is 26.0 Å². The molecule has 0 aliphatic carbocycles. The minimum Gasteiger partial charge on any atom is -0.490 e. The van der Waals surface area contributed by atoms with Crippen LogP contribution in [0.25, 0.3) is 0 Å². The van der Waals surface area contributed by atoms with Crippen LogP contribution in [0, 0.1) is 0 Å². The number of carbonyl (C=O) groups is 1. The van der Waals surface area contributed by atoms with Gasteiger partial charge >= 0.3 is 0 Å². The van der Waals surface area contributed by atoms with Gasteiger partial charge in [-0.1, -0.05) is 0 Å². The molecule has 2 aliphatic heterocycles. The molecule has 0 bridgehead atoms. The Morgan fingerprint density at radius 3 is 2.34 bits per heavy atom. The van der Waals surface area contributed by atoms with Crippen molar-refractivity contribution in [2.24, 2.45) is 0 Å². The summed E-state index contributed by atoms with van der Waals surface area (Å²) >= 11 is 0. The molecule has 0 radical (unpaired) electrons. The van der Waals surface area contributed by atoms with E-state index in [9.17, 15) is 21.6 Å². The molecule has 0 atom stereocenters. The molecule has 0 spiro atoms.